The van der Waals surface area contributed by atoms with E-state index in [1.54, 1.807) is 11.9 Å². The molecule has 0 N–H and O–H groups in total. The summed E-state index contributed by atoms with van der Waals surface area (Å²) in [6, 6.07) is 6.43. The summed E-state index contributed by atoms with van der Waals surface area (Å²) in [4.78, 5) is 51.6. The van der Waals surface area contributed by atoms with E-state index in [1.807, 2.05) is 32.2 Å². The average molecular weight is 671 g/mol. The van der Waals surface area contributed by atoms with E-state index in [0.717, 1.165) is 54.3 Å². The number of nitrogens with zero attached hydrogens (tertiary/aromatic N) is 6. The van der Waals surface area contributed by atoms with Crippen LogP contribution in [0.25, 0.3) is 0 Å². The third kappa shape index (κ3) is 9.69. The third-order valence-corrected chi connectivity index (χ3v) is 8.13. The number of carbonyl (C=O) groups excluding carboxylic acids is 3. The summed E-state index contributed by atoms with van der Waals surface area (Å²) in [5.41, 5.74) is 1.67. The van der Waals surface area contributed by atoms with Crippen molar-refractivity contribution >= 4 is 34.9 Å². The fraction of sp³-hybridized carbons (Fsp3) is 0.500. The number of alkyl halides is 6. The number of piperazine rings is 1. The van der Waals surface area contributed by atoms with Crippen LogP contribution in [0.15, 0.2) is 43.0 Å². The zero-order chi connectivity index (χ0) is 35.1. The molecule has 3 heterocycles. The van der Waals surface area contributed by atoms with E-state index in [4.69, 9.17) is 0 Å². The summed E-state index contributed by atoms with van der Waals surface area (Å²) in [6.07, 6.45) is -2.18. The Labute approximate surface area is 270 Å². The molecule has 1 atom stereocenters. The first kappa shape index (κ1) is 37.3. The predicted octanol–water partition coefficient (Wildman–Crippen LogP) is 5.21. The number of carbonyl (C=O) groups is 3. The van der Waals surface area contributed by atoms with Crippen LogP contribution in [0.5, 0.6) is 0 Å². The lowest BCUT2D eigenvalue weighted by Gasteiger charge is -2.35. The van der Waals surface area contributed by atoms with Gasteiger partial charge in [-0.1, -0.05) is 18.7 Å². The molecule has 0 aliphatic carbocycles. The van der Waals surface area contributed by atoms with Crippen LogP contribution in [0.4, 0.5) is 43.5 Å². The smallest absolute Gasteiger partial charge is 0.373 e. The highest BCUT2D eigenvalue weighted by atomic mass is 19.4. The zero-order valence-electron chi connectivity index (χ0n) is 26.9. The van der Waals surface area contributed by atoms with E-state index >= 15 is 0 Å². The molecule has 2 fully saturated rings. The first-order chi connectivity index (χ1) is 22.0. The van der Waals surface area contributed by atoms with Crippen LogP contribution < -0.4 is 14.7 Å². The van der Waals surface area contributed by atoms with Crippen molar-refractivity contribution in [2.75, 3.05) is 68.1 Å². The Bertz CT molecular complexity index is 1430. The first-order valence-electron chi connectivity index (χ1n) is 15.1. The second-order valence-electron chi connectivity index (χ2n) is 11.4. The SMILES string of the molecule is C=CC(=O)N1CCN(CCCN(C)c2c(C)cccc2N(C)C(=O)C2CCC(=O)N2c2cc(C(F)(F)F)cc(C)n2)CC1.FC(F)F. The van der Waals surface area contributed by atoms with Crippen molar-refractivity contribution in [2.24, 2.45) is 0 Å². The maximum atomic E-state index is 13.9. The normalized spacial score (nSPS) is 17.0. The third-order valence-electron chi connectivity index (χ3n) is 8.13. The summed E-state index contributed by atoms with van der Waals surface area (Å²) in [5, 5.41) is 0. The van der Waals surface area contributed by atoms with Crippen molar-refractivity contribution in [3.8, 4) is 0 Å². The second-order valence-corrected chi connectivity index (χ2v) is 11.4. The van der Waals surface area contributed by atoms with Crippen LogP contribution in [-0.4, -0.2) is 98.6 Å². The Balaban J connectivity index is 0.00000142. The van der Waals surface area contributed by atoms with E-state index < -0.39 is 36.3 Å². The van der Waals surface area contributed by atoms with Gasteiger partial charge in [0.2, 0.25) is 17.7 Å². The largest absolute Gasteiger partial charge is 0.416 e. The molecule has 2 aromatic rings. The maximum absolute atomic E-state index is 13.9. The topological polar surface area (TPSA) is 80.3 Å². The van der Waals surface area contributed by atoms with Gasteiger partial charge in [-0.2, -0.15) is 26.3 Å². The van der Waals surface area contributed by atoms with Crippen molar-refractivity contribution in [2.45, 2.75) is 52.0 Å². The predicted molar refractivity (Wildman–Crippen MR) is 167 cm³/mol. The van der Waals surface area contributed by atoms with Gasteiger partial charge in [0.25, 0.3) is 0 Å². The van der Waals surface area contributed by atoms with E-state index in [9.17, 15) is 40.7 Å². The van der Waals surface area contributed by atoms with Gasteiger partial charge in [0, 0.05) is 58.9 Å². The minimum absolute atomic E-state index is 0.0395. The molecule has 258 valence electrons. The number of benzene rings is 1. The first-order valence-corrected chi connectivity index (χ1v) is 15.1. The van der Waals surface area contributed by atoms with Crippen LogP contribution in [0.2, 0.25) is 0 Å². The number of aryl methyl sites for hydroxylation is 2. The van der Waals surface area contributed by atoms with Gasteiger partial charge < -0.3 is 14.7 Å². The van der Waals surface area contributed by atoms with Gasteiger partial charge in [0.05, 0.1) is 16.9 Å². The molecule has 1 aromatic carbocycles. The van der Waals surface area contributed by atoms with Crippen molar-refractivity contribution in [3.63, 3.8) is 0 Å². The molecule has 0 saturated carbocycles. The average Bonchev–Trinajstić information content (AvgIpc) is 3.40. The zero-order valence-corrected chi connectivity index (χ0v) is 26.9. The molecule has 4 rings (SSSR count). The Morgan fingerprint density at radius 2 is 1.72 bits per heavy atom. The van der Waals surface area contributed by atoms with Gasteiger partial charge in [-0.15, -0.1) is 0 Å². The highest BCUT2D eigenvalue weighted by molar-refractivity contribution is 6.09. The molecule has 2 aliphatic rings. The molecule has 3 amide bonds. The molecule has 1 unspecified atom stereocenters. The molecule has 0 radical (unpaired) electrons. The molecular weight excluding hydrogens is 630 g/mol. The Hall–Kier alpha value is -4.14. The summed E-state index contributed by atoms with van der Waals surface area (Å²) >= 11 is 0. The lowest BCUT2D eigenvalue weighted by molar-refractivity contribution is -0.137. The minimum Gasteiger partial charge on any atom is -0.373 e. The maximum Gasteiger partial charge on any atom is 0.416 e. The van der Waals surface area contributed by atoms with Gasteiger partial charge in [0.1, 0.15) is 11.9 Å². The van der Waals surface area contributed by atoms with E-state index in [2.05, 4.69) is 21.4 Å². The molecule has 2 aliphatic heterocycles. The minimum atomic E-state index is -4.61. The highest BCUT2D eigenvalue weighted by Gasteiger charge is 2.41. The highest BCUT2D eigenvalue weighted by Crippen LogP contribution is 2.36. The monoisotopic (exact) mass is 670 g/mol. The van der Waals surface area contributed by atoms with E-state index in [0.29, 0.717) is 25.3 Å². The molecule has 15 heteroatoms. The Morgan fingerprint density at radius 1 is 1.09 bits per heavy atom. The number of aromatic nitrogens is 1. The molecule has 0 spiro atoms. The Morgan fingerprint density at radius 3 is 2.32 bits per heavy atom. The quantitative estimate of drug-likeness (QED) is 0.269. The summed E-state index contributed by atoms with van der Waals surface area (Å²) in [5.74, 6) is -1.04. The van der Waals surface area contributed by atoms with E-state index in [1.165, 1.54) is 17.9 Å². The number of rotatable bonds is 9. The molecule has 9 nitrogen and oxygen atoms in total. The lowest BCUT2D eigenvalue weighted by atomic mass is 10.1. The molecular formula is C32H40F6N6O3. The fourth-order valence-electron chi connectivity index (χ4n) is 5.86. The number of pyridine rings is 1. The van der Waals surface area contributed by atoms with E-state index in [-0.39, 0.29) is 30.3 Å². The molecule has 47 heavy (non-hydrogen) atoms. The number of amides is 3. The van der Waals surface area contributed by atoms with Crippen LogP contribution >= 0.6 is 0 Å². The van der Waals surface area contributed by atoms with Crippen LogP contribution in [0.3, 0.4) is 0 Å². The number of hydrogen-bond acceptors (Lipinski definition) is 6. The van der Waals surface area contributed by atoms with Crippen LogP contribution in [-0.2, 0) is 20.6 Å². The molecule has 1 aromatic heterocycles. The van der Waals surface area contributed by atoms with Crippen molar-refractivity contribution in [1.82, 2.24) is 14.8 Å². The summed E-state index contributed by atoms with van der Waals surface area (Å²) < 4.78 is 69.5. The fourth-order valence-corrected chi connectivity index (χ4v) is 5.86. The van der Waals surface area contributed by atoms with Crippen molar-refractivity contribution < 1.29 is 40.7 Å². The molecule has 0 bridgehead atoms. The van der Waals surface area contributed by atoms with Gasteiger partial charge in [-0.05, 0) is 63.1 Å². The number of halogens is 6. The number of likely N-dealkylation sites (N-methyl/N-ethyl adjacent to an activating group) is 1. The van der Waals surface area contributed by atoms with Gasteiger partial charge >= 0.3 is 12.9 Å². The summed E-state index contributed by atoms with van der Waals surface area (Å²) in [6.45, 7) is 7.80. The van der Waals surface area contributed by atoms with Crippen LogP contribution in [0.1, 0.15) is 36.1 Å². The summed E-state index contributed by atoms with van der Waals surface area (Å²) in [7, 11) is 3.59. The van der Waals surface area contributed by atoms with Gasteiger partial charge in [-0.3, -0.25) is 24.2 Å². The number of hydrogen-bond donors (Lipinski definition) is 0. The van der Waals surface area contributed by atoms with Gasteiger partial charge in [0.15, 0.2) is 0 Å². The second kappa shape index (κ2) is 16.1. The molecule has 2 saturated heterocycles. The standard InChI is InChI=1S/C31H39F3N6O3.CHF3/c1-6-27(41)39-17-15-38(16-18-39)14-8-13-36(4)29-21(2)9-7-10-24(29)37(5)30(43)25-11-12-28(42)40(25)26-20-23(31(32,33)34)19-22(3)35-26;2-1(3)4/h6-7,9-10,19-20,25H,1,8,11-18H2,2-5H3;1H. The number of anilines is 3. The number of para-hydroxylation sites is 1. The lowest BCUT2D eigenvalue weighted by Crippen LogP contribution is -2.48. The van der Waals surface area contributed by atoms with Crippen LogP contribution in [0, 0.1) is 13.8 Å². The van der Waals surface area contributed by atoms with Crippen molar-refractivity contribution in [1.29, 1.82) is 0 Å². The van der Waals surface area contributed by atoms with Crippen molar-refractivity contribution in [3.05, 3.63) is 59.8 Å². The Kier molecular flexibility index (Phi) is 12.8. The van der Waals surface area contributed by atoms with Gasteiger partial charge in [-0.25, -0.2) is 4.98 Å².